The maximum absolute atomic E-state index is 5.53. The SMILES string of the molecule is CCOCCC(NN)C1CCCC1. The fourth-order valence-electron chi connectivity index (χ4n) is 2.17. The van der Waals surface area contributed by atoms with E-state index >= 15 is 0 Å². The van der Waals surface area contributed by atoms with Crippen LogP contribution in [0, 0.1) is 5.92 Å². The summed E-state index contributed by atoms with van der Waals surface area (Å²) >= 11 is 0. The van der Waals surface area contributed by atoms with Crippen molar-refractivity contribution in [3.8, 4) is 0 Å². The van der Waals surface area contributed by atoms with Crippen molar-refractivity contribution in [1.82, 2.24) is 5.43 Å². The quantitative estimate of drug-likeness (QED) is 0.375. The van der Waals surface area contributed by atoms with Gasteiger partial charge in [-0.05, 0) is 32.1 Å². The maximum atomic E-state index is 5.53. The van der Waals surface area contributed by atoms with E-state index in [9.17, 15) is 0 Å². The Hall–Kier alpha value is -0.120. The lowest BCUT2D eigenvalue weighted by atomic mass is 9.96. The van der Waals surface area contributed by atoms with Crippen LogP contribution in [-0.2, 0) is 4.74 Å². The Bertz CT molecular complexity index is 124. The molecule has 0 aliphatic heterocycles. The van der Waals surface area contributed by atoms with Crippen LogP contribution in [0.1, 0.15) is 39.0 Å². The number of hydrogen-bond donors (Lipinski definition) is 2. The third-order valence-electron chi connectivity index (χ3n) is 2.96. The number of ether oxygens (including phenoxy) is 1. The van der Waals surface area contributed by atoms with Gasteiger partial charge in [-0.2, -0.15) is 0 Å². The van der Waals surface area contributed by atoms with Crippen LogP contribution in [-0.4, -0.2) is 19.3 Å². The zero-order valence-corrected chi connectivity index (χ0v) is 8.59. The lowest BCUT2D eigenvalue weighted by molar-refractivity contribution is 0.128. The summed E-state index contributed by atoms with van der Waals surface area (Å²) in [4.78, 5) is 0. The van der Waals surface area contributed by atoms with E-state index in [0.29, 0.717) is 6.04 Å². The molecule has 0 aromatic heterocycles. The Balaban J connectivity index is 2.16. The molecule has 3 nitrogen and oxygen atoms in total. The summed E-state index contributed by atoms with van der Waals surface area (Å²) in [6, 6.07) is 0.467. The summed E-state index contributed by atoms with van der Waals surface area (Å²) in [5.74, 6) is 6.31. The average Bonchev–Trinajstić information content (AvgIpc) is 2.65. The Labute approximate surface area is 81.0 Å². The lowest BCUT2D eigenvalue weighted by Crippen LogP contribution is -2.40. The minimum Gasteiger partial charge on any atom is -0.382 e. The molecular weight excluding hydrogens is 164 g/mol. The lowest BCUT2D eigenvalue weighted by Gasteiger charge is -2.22. The van der Waals surface area contributed by atoms with E-state index < -0.39 is 0 Å². The van der Waals surface area contributed by atoms with Gasteiger partial charge in [0, 0.05) is 19.3 Å². The zero-order valence-electron chi connectivity index (χ0n) is 8.59. The molecule has 0 saturated heterocycles. The summed E-state index contributed by atoms with van der Waals surface area (Å²) in [6.45, 7) is 3.67. The smallest absolute Gasteiger partial charge is 0.0481 e. The molecule has 0 aromatic carbocycles. The van der Waals surface area contributed by atoms with Gasteiger partial charge in [-0.3, -0.25) is 11.3 Å². The molecule has 78 valence electrons. The second-order valence-corrected chi connectivity index (χ2v) is 3.80. The third kappa shape index (κ3) is 3.63. The monoisotopic (exact) mass is 186 g/mol. The molecule has 1 unspecified atom stereocenters. The molecule has 1 aliphatic carbocycles. The molecule has 13 heavy (non-hydrogen) atoms. The van der Waals surface area contributed by atoms with Crippen molar-refractivity contribution in [1.29, 1.82) is 0 Å². The van der Waals surface area contributed by atoms with Crippen LogP contribution in [0.5, 0.6) is 0 Å². The van der Waals surface area contributed by atoms with Crippen molar-refractivity contribution >= 4 is 0 Å². The number of nitrogens with one attached hydrogen (secondary N) is 1. The second kappa shape index (κ2) is 6.35. The number of hydrazine groups is 1. The Morgan fingerprint density at radius 3 is 2.69 bits per heavy atom. The van der Waals surface area contributed by atoms with E-state index in [1.165, 1.54) is 25.7 Å². The van der Waals surface area contributed by atoms with E-state index in [0.717, 1.165) is 25.6 Å². The third-order valence-corrected chi connectivity index (χ3v) is 2.96. The molecule has 1 rings (SSSR count). The molecule has 1 aliphatic rings. The Kier molecular flexibility index (Phi) is 5.35. The maximum Gasteiger partial charge on any atom is 0.0481 e. The summed E-state index contributed by atoms with van der Waals surface area (Å²) in [5.41, 5.74) is 2.92. The molecule has 0 radical (unpaired) electrons. The molecule has 0 aromatic rings. The Morgan fingerprint density at radius 1 is 1.46 bits per heavy atom. The van der Waals surface area contributed by atoms with Crippen molar-refractivity contribution in [2.45, 2.75) is 45.1 Å². The molecule has 1 saturated carbocycles. The first kappa shape index (κ1) is 11.0. The van der Waals surface area contributed by atoms with Gasteiger partial charge in [-0.1, -0.05) is 12.8 Å². The predicted molar refractivity (Wildman–Crippen MR) is 54.2 cm³/mol. The van der Waals surface area contributed by atoms with Crippen LogP contribution >= 0.6 is 0 Å². The highest BCUT2D eigenvalue weighted by atomic mass is 16.5. The van der Waals surface area contributed by atoms with Crippen molar-refractivity contribution in [2.24, 2.45) is 11.8 Å². The number of rotatable bonds is 6. The van der Waals surface area contributed by atoms with E-state index in [2.05, 4.69) is 5.43 Å². The van der Waals surface area contributed by atoms with Crippen molar-refractivity contribution in [3.05, 3.63) is 0 Å². The van der Waals surface area contributed by atoms with Crippen LogP contribution in [0.25, 0.3) is 0 Å². The highest BCUT2D eigenvalue weighted by molar-refractivity contribution is 4.78. The largest absolute Gasteiger partial charge is 0.382 e. The first-order valence-electron chi connectivity index (χ1n) is 5.42. The predicted octanol–water partition coefficient (Wildman–Crippen LogP) is 1.44. The summed E-state index contributed by atoms with van der Waals surface area (Å²) < 4.78 is 5.33. The summed E-state index contributed by atoms with van der Waals surface area (Å²) in [6.07, 6.45) is 6.46. The van der Waals surface area contributed by atoms with Crippen LogP contribution in [0.3, 0.4) is 0 Å². The molecular formula is C10H22N2O. The standard InChI is InChI=1S/C10H22N2O/c1-2-13-8-7-10(12-11)9-5-3-4-6-9/h9-10,12H,2-8,11H2,1H3. The van der Waals surface area contributed by atoms with E-state index in [1.54, 1.807) is 0 Å². The van der Waals surface area contributed by atoms with Crippen molar-refractivity contribution in [2.75, 3.05) is 13.2 Å². The van der Waals surface area contributed by atoms with Gasteiger partial charge >= 0.3 is 0 Å². The van der Waals surface area contributed by atoms with E-state index in [-0.39, 0.29) is 0 Å². The normalized spacial score (nSPS) is 20.8. The fourth-order valence-corrected chi connectivity index (χ4v) is 2.17. The van der Waals surface area contributed by atoms with Crippen molar-refractivity contribution in [3.63, 3.8) is 0 Å². The van der Waals surface area contributed by atoms with Crippen LogP contribution < -0.4 is 11.3 Å². The second-order valence-electron chi connectivity index (χ2n) is 3.80. The molecule has 3 N–H and O–H groups in total. The minimum atomic E-state index is 0.467. The Morgan fingerprint density at radius 2 is 2.15 bits per heavy atom. The molecule has 1 atom stereocenters. The first-order chi connectivity index (χ1) is 6.38. The minimum absolute atomic E-state index is 0.467. The van der Waals surface area contributed by atoms with Gasteiger partial charge in [0.2, 0.25) is 0 Å². The molecule has 0 spiro atoms. The highest BCUT2D eigenvalue weighted by Gasteiger charge is 2.23. The van der Waals surface area contributed by atoms with Crippen LogP contribution in [0.15, 0.2) is 0 Å². The molecule has 0 amide bonds. The van der Waals surface area contributed by atoms with Gasteiger partial charge < -0.3 is 4.74 Å². The topological polar surface area (TPSA) is 47.3 Å². The molecule has 1 fully saturated rings. The van der Waals surface area contributed by atoms with E-state index in [4.69, 9.17) is 10.6 Å². The fraction of sp³-hybridized carbons (Fsp3) is 1.00. The average molecular weight is 186 g/mol. The van der Waals surface area contributed by atoms with Gasteiger partial charge in [0.15, 0.2) is 0 Å². The molecule has 0 heterocycles. The van der Waals surface area contributed by atoms with E-state index in [1.807, 2.05) is 6.92 Å². The number of nitrogens with two attached hydrogens (primary N) is 1. The number of hydrogen-bond acceptors (Lipinski definition) is 3. The van der Waals surface area contributed by atoms with Gasteiger partial charge in [0.25, 0.3) is 0 Å². The van der Waals surface area contributed by atoms with Gasteiger partial charge in [0.05, 0.1) is 0 Å². The van der Waals surface area contributed by atoms with Gasteiger partial charge in [-0.15, -0.1) is 0 Å². The molecule has 0 bridgehead atoms. The first-order valence-corrected chi connectivity index (χ1v) is 5.42. The summed E-state index contributed by atoms with van der Waals surface area (Å²) in [7, 11) is 0. The van der Waals surface area contributed by atoms with Gasteiger partial charge in [0.1, 0.15) is 0 Å². The van der Waals surface area contributed by atoms with Crippen LogP contribution in [0.2, 0.25) is 0 Å². The zero-order chi connectivity index (χ0) is 9.52. The molecule has 3 heteroatoms. The highest BCUT2D eigenvalue weighted by Crippen LogP contribution is 2.28. The van der Waals surface area contributed by atoms with Gasteiger partial charge in [-0.25, -0.2) is 0 Å². The van der Waals surface area contributed by atoms with Crippen molar-refractivity contribution < 1.29 is 4.74 Å². The summed E-state index contributed by atoms with van der Waals surface area (Å²) in [5, 5.41) is 0. The van der Waals surface area contributed by atoms with Crippen LogP contribution in [0.4, 0.5) is 0 Å².